The van der Waals surface area contributed by atoms with Crippen molar-refractivity contribution in [3.63, 3.8) is 0 Å². The molecule has 0 amide bonds. The molecular formula is C9H19NO2. The minimum Gasteiger partial charge on any atom is -0.480 e. The van der Waals surface area contributed by atoms with Gasteiger partial charge in [0.15, 0.2) is 0 Å². The quantitative estimate of drug-likeness (QED) is 0.677. The summed E-state index contributed by atoms with van der Waals surface area (Å²) in [6.07, 6.45) is 0.991. The van der Waals surface area contributed by atoms with Crippen molar-refractivity contribution in [3.8, 4) is 0 Å². The molecule has 3 heteroatoms. The fourth-order valence-corrected chi connectivity index (χ4v) is 0.751. The average Bonchev–Trinajstić information content (AvgIpc) is 1.84. The molecule has 0 saturated carbocycles. The summed E-state index contributed by atoms with van der Waals surface area (Å²) in [5.41, 5.74) is 0.269. The van der Waals surface area contributed by atoms with E-state index in [2.05, 4.69) is 26.1 Å². The van der Waals surface area contributed by atoms with E-state index in [0.717, 1.165) is 13.0 Å². The third-order valence-electron chi connectivity index (χ3n) is 1.70. The van der Waals surface area contributed by atoms with Crippen LogP contribution in [0.15, 0.2) is 0 Å². The predicted molar refractivity (Wildman–Crippen MR) is 49.2 cm³/mol. The van der Waals surface area contributed by atoms with Crippen LogP contribution in [0.3, 0.4) is 0 Å². The summed E-state index contributed by atoms with van der Waals surface area (Å²) in [5.74, 6) is -0.788. The van der Waals surface area contributed by atoms with Gasteiger partial charge in [0.25, 0.3) is 0 Å². The first-order valence-corrected chi connectivity index (χ1v) is 4.29. The molecule has 0 aromatic heterocycles. The van der Waals surface area contributed by atoms with Crippen molar-refractivity contribution in [1.82, 2.24) is 5.32 Å². The van der Waals surface area contributed by atoms with Crippen LogP contribution in [0.1, 0.15) is 34.1 Å². The van der Waals surface area contributed by atoms with Crippen LogP contribution in [-0.4, -0.2) is 23.7 Å². The molecule has 0 aliphatic rings. The largest absolute Gasteiger partial charge is 0.480 e. The molecule has 0 aliphatic heterocycles. The normalized spacial score (nSPS) is 14.3. The van der Waals surface area contributed by atoms with E-state index in [0.29, 0.717) is 0 Å². The van der Waals surface area contributed by atoms with E-state index in [1.807, 2.05) is 0 Å². The average molecular weight is 173 g/mol. The van der Waals surface area contributed by atoms with Crippen LogP contribution in [0.25, 0.3) is 0 Å². The van der Waals surface area contributed by atoms with Crippen molar-refractivity contribution in [2.75, 3.05) is 6.54 Å². The van der Waals surface area contributed by atoms with Gasteiger partial charge in [-0.2, -0.15) is 0 Å². The van der Waals surface area contributed by atoms with Crippen LogP contribution in [0.2, 0.25) is 0 Å². The summed E-state index contributed by atoms with van der Waals surface area (Å²) in [5, 5.41) is 11.5. The predicted octanol–water partition coefficient (Wildman–Crippen LogP) is 1.49. The number of carboxylic acids is 1. The molecule has 12 heavy (non-hydrogen) atoms. The standard InChI is InChI=1S/C9H19NO2/c1-7(8(11)12)10-6-5-9(2,3)4/h7,10H,5-6H2,1-4H3,(H,11,12)/t7-/m1/s1. The van der Waals surface area contributed by atoms with Gasteiger partial charge in [0.1, 0.15) is 6.04 Å². The molecule has 0 bridgehead atoms. The summed E-state index contributed by atoms with van der Waals surface area (Å²) in [4.78, 5) is 10.4. The van der Waals surface area contributed by atoms with E-state index in [9.17, 15) is 4.79 Å². The molecule has 0 aromatic carbocycles. The fourth-order valence-electron chi connectivity index (χ4n) is 0.751. The molecule has 1 atom stereocenters. The Balaban J connectivity index is 3.51. The topological polar surface area (TPSA) is 49.3 Å². The zero-order valence-electron chi connectivity index (χ0n) is 8.35. The highest BCUT2D eigenvalue weighted by Crippen LogP contribution is 2.16. The number of hydrogen-bond donors (Lipinski definition) is 2. The van der Waals surface area contributed by atoms with Gasteiger partial charge in [0, 0.05) is 0 Å². The van der Waals surface area contributed by atoms with Crippen molar-refractivity contribution >= 4 is 5.97 Å². The van der Waals surface area contributed by atoms with Crippen molar-refractivity contribution in [3.05, 3.63) is 0 Å². The van der Waals surface area contributed by atoms with E-state index in [-0.39, 0.29) is 5.41 Å². The van der Waals surface area contributed by atoms with Gasteiger partial charge in [-0.1, -0.05) is 20.8 Å². The van der Waals surface area contributed by atoms with Crippen molar-refractivity contribution in [2.45, 2.75) is 40.2 Å². The molecule has 0 saturated heterocycles. The van der Waals surface area contributed by atoms with E-state index >= 15 is 0 Å². The molecule has 0 rings (SSSR count). The number of rotatable bonds is 4. The Kier molecular flexibility index (Phi) is 4.24. The molecule has 0 radical (unpaired) electrons. The lowest BCUT2D eigenvalue weighted by atomic mass is 9.92. The van der Waals surface area contributed by atoms with Gasteiger partial charge >= 0.3 is 5.97 Å². The summed E-state index contributed by atoms with van der Waals surface area (Å²) in [6.45, 7) is 8.84. The number of nitrogens with one attached hydrogen (secondary N) is 1. The Morgan fingerprint density at radius 3 is 2.33 bits per heavy atom. The highest BCUT2D eigenvalue weighted by Gasteiger charge is 2.13. The molecule has 0 fully saturated rings. The molecule has 2 N–H and O–H groups in total. The zero-order valence-corrected chi connectivity index (χ0v) is 8.35. The third-order valence-corrected chi connectivity index (χ3v) is 1.70. The molecule has 0 spiro atoms. The number of carbonyl (C=O) groups is 1. The number of aliphatic carboxylic acids is 1. The Labute approximate surface area is 74.2 Å². The smallest absolute Gasteiger partial charge is 0.320 e. The maximum atomic E-state index is 10.4. The second-order valence-electron chi connectivity index (χ2n) is 4.32. The Bertz CT molecular complexity index is 149. The lowest BCUT2D eigenvalue weighted by Crippen LogP contribution is -2.35. The number of carboxylic acid groups (broad SMARTS) is 1. The van der Waals surface area contributed by atoms with E-state index < -0.39 is 12.0 Å². The second-order valence-corrected chi connectivity index (χ2v) is 4.32. The van der Waals surface area contributed by atoms with E-state index in [1.165, 1.54) is 0 Å². The number of hydrogen-bond acceptors (Lipinski definition) is 2. The Morgan fingerprint density at radius 2 is 2.00 bits per heavy atom. The molecular weight excluding hydrogens is 154 g/mol. The first-order chi connectivity index (χ1) is 5.33. The summed E-state index contributed by atoms with van der Waals surface area (Å²) >= 11 is 0. The fraction of sp³-hybridized carbons (Fsp3) is 0.889. The molecule has 3 nitrogen and oxygen atoms in total. The van der Waals surface area contributed by atoms with Gasteiger partial charge in [0.05, 0.1) is 0 Å². The van der Waals surface area contributed by atoms with Gasteiger partial charge < -0.3 is 10.4 Å². The molecule has 0 aromatic rings. The van der Waals surface area contributed by atoms with Crippen LogP contribution in [0, 0.1) is 5.41 Å². The van der Waals surface area contributed by atoms with Crippen LogP contribution < -0.4 is 5.32 Å². The summed E-state index contributed by atoms with van der Waals surface area (Å²) in [7, 11) is 0. The summed E-state index contributed by atoms with van der Waals surface area (Å²) < 4.78 is 0. The lowest BCUT2D eigenvalue weighted by Gasteiger charge is -2.19. The van der Waals surface area contributed by atoms with Crippen molar-refractivity contribution < 1.29 is 9.90 Å². The van der Waals surface area contributed by atoms with E-state index in [4.69, 9.17) is 5.11 Å². The maximum Gasteiger partial charge on any atom is 0.320 e. The summed E-state index contributed by atoms with van der Waals surface area (Å²) in [6, 6.07) is -0.438. The highest BCUT2D eigenvalue weighted by molar-refractivity contribution is 5.72. The zero-order chi connectivity index (χ0) is 9.78. The van der Waals surface area contributed by atoms with Crippen LogP contribution in [0.4, 0.5) is 0 Å². The van der Waals surface area contributed by atoms with Crippen LogP contribution in [-0.2, 0) is 4.79 Å². The van der Waals surface area contributed by atoms with Gasteiger partial charge in [-0.15, -0.1) is 0 Å². The minimum absolute atomic E-state index is 0.269. The third kappa shape index (κ3) is 6.16. The minimum atomic E-state index is -0.788. The second kappa shape index (κ2) is 4.45. The van der Waals surface area contributed by atoms with Gasteiger partial charge in [-0.25, -0.2) is 0 Å². The monoisotopic (exact) mass is 173 g/mol. The SMILES string of the molecule is C[C@@H](NCCC(C)(C)C)C(=O)O. The Hall–Kier alpha value is -0.570. The van der Waals surface area contributed by atoms with Crippen LogP contribution >= 0.6 is 0 Å². The maximum absolute atomic E-state index is 10.4. The van der Waals surface area contributed by atoms with Crippen LogP contribution in [0.5, 0.6) is 0 Å². The van der Waals surface area contributed by atoms with Crippen molar-refractivity contribution in [2.24, 2.45) is 5.41 Å². The highest BCUT2D eigenvalue weighted by atomic mass is 16.4. The van der Waals surface area contributed by atoms with Crippen molar-refractivity contribution in [1.29, 1.82) is 0 Å². The van der Waals surface area contributed by atoms with E-state index in [1.54, 1.807) is 6.92 Å². The van der Waals surface area contributed by atoms with Gasteiger partial charge in [0.2, 0.25) is 0 Å². The molecule has 72 valence electrons. The first-order valence-electron chi connectivity index (χ1n) is 4.29. The molecule has 0 unspecified atom stereocenters. The van der Waals surface area contributed by atoms with Gasteiger partial charge in [-0.05, 0) is 25.3 Å². The molecule has 0 aliphatic carbocycles. The molecule has 0 heterocycles. The Morgan fingerprint density at radius 1 is 1.50 bits per heavy atom. The lowest BCUT2D eigenvalue weighted by molar-refractivity contribution is -0.139. The van der Waals surface area contributed by atoms with Gasteiger partial charge in [-0.3, -0.25) is 4.79 Å². The first kappa shape index (κ1) is 11.4.